The molecule has 0 spiro atoms. The summed E-state index contributed by atoms with van der Waals surface area (Å²) in [6.07, 6.45) is 2.79. The third kappa shape index (κ3) is 4.86. The molecule has 2 rings (SSSR count). The molecule has 5 nitrogen and oxygen atoms in total. The highest BCUT2D eigenvalue weighted by Gasteiger charge is 2.10. The van der Waals surface area contributed by atoms with Crippen LogP contribution >= 0.6 is 0 Å². The number of benzene rings is 1. The summed E-state index contributed by atoms with van der Waals surface area (Å²) >= 11 is 0. The molecule has 1 N–H and O–H groups in total. The van der Waals surface area contributed by atoms with E-state index in [2.05, 4.69) is 5.32 Å². The monoisotopic (exact) mass is 305 g/mol. The Balaban J connectivity index is 1.72. The van der Waals surface area contributed by atoms with Gasteiger partial charge in [-0.25, -0.2) is 0 Å². The molecule has 0 unspecified atom stereocenters. The highest BCUT2D eigenvalue weighted by Crippen LogP contribution is 2.22. The maximum atomic E-state index is 11.9. The molecule has 22 heavy (non-hydrogen) atoms. The van der Waals surface area contributed by atoms with Gasteiger partial charge in [-0.05, 0) is 25.0 Å². The fourth-order valence-electron chi connectivity index (χ4n) is 2.21. The highest BCUT2D eigenvalue weighted by atomic mass is 16.5. The molecule has 0 aliphatic heterocycles. The van der Waals surface area contributed by atoms with E-state index in [1.54, 1.807) is 13.4 Å². The van der Waals surface area contributed by atoms with Gasteiger partial charge in [-0.2, -0.15) is 0 Å². The van der Waals surface area contributed by atoms with Crippen molar-refractivity contribution in [2.45, 2.75) is 19.8 Å². The van der Waals surface area contributed by atoms with Crippen LogP contribution in [-0.2, 0) is 20.7 Å². The van der Waals surface area contributed by atoms with Gasteiger partial charge in [0.05, 0.1) is 25.9 Å². The number of nitrogens with one attached hydrogen (secondary N) is 1. The summed E-state index contributed by atoms with van der Waals surface area (Å²) in [6.45, 7) is 4.44. The van der Waals surface area contributed by atoms with Gasteiger partial charge >= 0.3 is 0 Å². The zero-order valence-electron chi connectivity index (χ0n) is 13.2. The van der Waals surface area contributed by atoms with E-state index in [1.165, 1.54) is 0 Å². The van der Waals surface area contributed by atoms with Crippen molar-refractivity contribution in [1.29, 1.82) is 0 Å². The summed E-state index contributed by atoms with van der Waals surface area (Å²) in [5.41, 5.74) is 2.89. The van der Waals surface area contributed by atoms with Crippen LogP contribution in [0, 0.1) is 6.92 Å². The number of hydrogen-bond donors (Lipinski definition) is 1. The van der Waals surface area contributed by atoms with E-state index in [0.717, 1.165) is 28.5 Å². The molecule has 0 saturated heterocycles. The number of fused-ring (bicyclic) bond motifs is 1. The van der Waals surface area contributed by atoms with Crippen molar-refractivity contribution in [1.82, 2.24) is 5.32 Å². The van der Waals surface area contributed by atoms with Crippen molar-refractivity contribution in [3.63, 3.8) is 0 Å². The first-order chi connectivity index (χ1) is 10.7. The number of hydrogen-bond acceptors (Lipinski definition) is 4. The first-order valence-electron chi connectivity index (χ1n) is 7.51. The number of ether oxygens (including phenoxy) is 2. The van der Waals surface area contributed by atoms with Crippen LogP contribution < -0.4 is 5.32 Å². The summed E-state index contributed by atoms with van der Waals surface area (Å²) in [4.78, 5) is 11.9. The summed E-state index contributed by atoms with van der Waals surface area (Å²) in [7, 11) is 1.64. The first-order valence-corrected chi connectivity index (χ1v) is 7.51. The van der Waals surface area contributed by atoms with Crippen LogP contribution in [0.2, 0.25) is 0 Å². The molecule has 0 aliphatic carbocycles. The van der Waals surface area contributed by atoms with Gasteiger partial charge in [-0.15, -0.1) is 0 Å². The lowest BCUT2D eigenvalue weighted by Crippen LogP contribution is -2.26. The van der Waals surface area contributed by atoms with Gasteiger partial charge in [-0.1, -0.05) is 12.1 Å². The van der Waals surface area contributed by atoms with Gasteiger partial charge < -0.3 is 19.2 Å². The van der Waals surface area contributed by atoms with E-state index in [1.807, 2.05) is 25.1 Å². The molecule has 1 amide bonds. The van der Waals surface area contributed by atoms with E-state index in [4.69, 9.17) is 13.9 Å². The third-order valence-electron chi connectivity index (χ3n) is 3.38. The van der Waals surface area contributed by atoms with Crippen molar-refractivity contribution in [2.75, 3.05) is 33.5 Å². The van der Waals surface area contributed by atoms with Crippen LogP contribution in [0.15, 0.2) is 28.9 Å². The molecule has 5 heteroatoms. The topological polar surface area (TPSA) is 60.7 Å². The minimum atomic E-state index is 0.000154. The van der Waals surface area contributed by atoms with Crippen LogP contribution in [0.3, 0.4) is 0 Å². The van der Waals surface area contributed by atoms with E-state index in [0.29, 0.717) is 32.8 Å². The Kier molecular flexibility index (Phi) is 6.43. The summed E-state index contributed by atoms with van der Waals surface area (Å²) < 4.78 is 15.7. The normalized spacial score (nSPS) is 11.0. The molecule has 0 fully saturated rings. The Bertz CT molecular complexity index is 606. The van der Waals surface area contributed by atoms with Crippen LogP contribution in [-0.4, -0.2) is 39.4 Å². The largest absolute Gasteiger partial charge is 0.464 e. The van der Waals surface area contributed by atoms with E-state index >= 15 is 0 Å². The molecule has 0 bridgehead atoms. The number of methoxy groups -OCH3 is 1. The Morgan fingerprint density at radius 3 is 2.95 bits per heavy atom. The second-order valence-electron chi connectivity index (χ2n) is 5.25. The van der Waals surface area contributed by atoms with Crippen molar-refractivity contribution < 1.29 is 18.7 Å². The van der Waals surface area contributed by atoms with Crippen molar-refractivity contribution in [3.05, 3.63) is 35.6 Å². The summed E-state index contributed by atoms with van der Waals surface area (Å²) in [5.74, 6) is 0.000154. The fraction of sp³-hybridized carbons (Fsp3) is 0.471. The predicted octanol–water partition coefficient (Wildman–Crippen LogP) is 2.45. The zero-order chi connectivity index (χ0) is 15.8. The second kappa shape index (κ2) is 8.56. The van der Waals surface area contributed by atoms with E-state index in [9.17, 15) is 4.79 Å². The summed E-state index contributed by atoms with van der Waals surface area (Å²) in [5, 5.41) is 3.90. The van der Waals surface area contributed by atoms with Gasteiger partial charge in [-0.3, -0.25) is 4.79 Å². The molecule has 0 saturated carbocycles. The fourth-order valence-corrected chi connectivity index (χ4v) is 2.21. The lowest BCUT2D eigenvalue weighted by Gasteiger charge is -2.05. The number of rotatable bonds is 9. The Labute approximate surface area is 130 Å². The van der Waals surface area contributed by atoms with Gasteiger partial charge in [0.2, 0.25) is 5.91 Å². The summed E-state index contributed by atoms with van der Waals surface area (Å²) in [6, 6.07) is 6.01. The quantitative estimate of drug-likeness (QED) is 0.723. The maximum absolute atomic E-state index is 11.9. The molecular formula is C17H23NO4. The smallest absolute Gasteiger partial charge is 0.224 e. The number of carbonyl (C=O) groups is 1. The maximum Gasteiger partial charge on any atom is 0.224 e. The number of aryl methyl sites for hydroxylation is 1. The van der Waals surface area contributed by atoms with Gasteiger partial charge in [0, 0.05) is 31.2 Å². The van der Waals surface area contributed by atoms with Crippen molar-refractivity contribution >= 4 is 16.9 Å². The standard InChI is InChI=1S/C17H23NO4/c1-13-4-5-15-14(12-22-16(15)10-13)11-17(19)18-6-3-7-21-9-8-20-2/h4-5,10,12H,3,6-9,11H2,1-2H3,(H,18,19). The molecular weight excluding hydrogens is 282 g/mol. The lowest BCUT2D eigenvalue weighted by molar-refractivity contribution is -0.120. The van der Waals surface area contributed by atoms with E-state index < -0.39 is 0 Å². The minimum absolute atomic E-state index is 0.000154. The Morgan fingerprint density at radius 1 is 1.27 bits per heavy atom. The Hall–Kier alpha value is -1.85. The molecule has 0 aliphatic rings. The second-order valence-corrected chi connectivity index (χ2v) is 5.25. The SMILES string of the molecule is COCCOCCCNC(=O)Cc1coc2cc(C)ccc12. The van der Waals surface area contributed by atoms with Gasteiger partial charge in [0.1, 0.15) is 5.58 Å². The Morgan fingerprint density at radius 2 is 2.14 bits per heavy atom. The predicted molar refractivity (Wildman–Crippen MR) is 85.0 cm³/mol. The third-order valence-corrected chi connectivity index (χ3v) is 3.38. The molecule has 1 aromatic carbocycles. The zero-order valence-corrected chi connectivity index (χ0v) is 13.2. The average Bonchev–Trinajstić information content (AvgIpc) is 2.88. The highest BCUT2D eigenvalue weighted by molar-refractivity contribution is 5.87. The first kappa shape index (κ1) is 16.5. The average molecular weight is 305 g/mol. The molecule has 0 radical (unpaired) electrons. The van der Waals surface area contributed by atoms with Gasteiger partial charge in [0.15, 0.2) is 0 Å². The van der Waals surface area contributed by atoms with Crippen LogP contribution in [0.1, 0.15) is 17.5 Å². The number of amides is 1. The van der Waals surface area contributed by atoms with Crippen LogP contribution in [0.4, 0.5) is 0 Å². The van der Waals surface area contributed by atoms with Gasteiger partial charge in [0.25, 0.3) is 0 Å². The number of carbonyl (C=O) groups excluding carboxylic acids is 1. The molecule has 120 valence electrons. The van der Waals surface area contributed by atoms with E-state index in [-0.39, 0.29) is 5.91 Å². The van der Waals surface area contributed by atoms with Crippen molar-refractivity contribution in [3.8, 4) is 0 Å². The number of furan rings is 1. The minimum Gasteiger partial charge on any atom is -0.464 e. The molecule has 2 aromatic rings. The molecule has 1 heterocycles. The lowest BCUT2D eigenvalue weighted by atomic mass is 10.1. The molecule has 1 aromatic heterocycles. The van der Waals surface area contributed by atoms with Crippen LogP contribution in [0.5, 0.6) is 0 Å². The molecule has 0 atom stereocenters. The van der Waals surface area contributed by atoms with Crippen LogP contribution in [0.25, 0.3) is 11.0 Å². The van der Waals surface area contributed by atoms with Crippen molar-refractivity contribution in [2.24, 2.45) is 0 Å².